The van der Waals surface area contributed by atoms with Crippen molar-refractivity contribution in [2.45, 2.75) is 39.2 Å². The molecule has 0 aromatic rings. The third-order valence-corrected chi connectivity index (χ3v) is 5.41. The highest BCUT2D eigenvalue weighted by Crippen LogP contribution is 2.19. The summed E-state index contributed by atoms with van der Waals surface area (Å²) in [6, 6.07) is -0.359. The summed E-state index contributed by atoms with van der Waals surface area (Å²) in [6.45, 7) is 5.50. The molecular weight excluding hydrogens is 254 g/mol. The van der Waals surface area contributed by atoms with Crippen LogP contribution >= 0.6 is 0 Å². The lowest BCUT2D eigenvalue weighted by molar-refractivity contribution is -0.138. The minimum absolute atomic E-state index is 0.0144. The number of rotatable bonds is 6. The Bertz CT molecular complexity index is 376. The summed E-state index contributed by atoms with van der Waals surface area (Å²) in [5.74, 6) is -0.267. The van der Waals surface area contributed by atoms with Gasteiger partial charge in [0.25, 0.3) is 0 Å². The molecule has 106 valence electrons. The molecule has 6 heteroatoms. The summed E-state index contributed by atoms with van der Waals surface area (Å²) in [6.07, 6.45) is 2.00. The van der Waals surface area contributed by atoms with Crippen LogP contribution in [0.15, 0.2) is 0 Å². The summed E-state index contributed by atoms with van der Waals surface area (Å²) >= 11 is 0. The maximum absolute atomic E-state index is 11.6. The minimum atomic E-state index is -3.06. The molecule has 0 spiro atoms. The fourth-order valence-electron chi connectivity index (χ4n) is 2.43. The Balaban J connectivity index is 2.71. The van der Waals surface area contributed by atoms with Crippen LogP contribution in [0.2, 0.25) is 0 Å². The average Bonchev–Trinajstić information content (AvgIpc) is 2.26. The molecule has 1 heterocycles. The summed E-state index contributed by atoms with van der Waals surface area (Å²) in [5.41, 5.74) is 0. The van der Waals surface area contributed by atoms with E-state index in [1.165, 1.54) is 0 Å². The Morgan fingerprint density at radius 3 is 2.50 bits per heavy atom. The zero-order chi connectivity index (χ0) is 13.8. The van der Waals surface area contributed by atoms with E-state index in [4.69, 9.17) is 5.11 Å². The molecular formula is C12H23NO4S. The van der Waals surface area contributed by atoms with Crippen molar-refractivity contribution in [1.29, 1.82) is 0 Å². The molecule has 0 aromatic heterocycles. The summed E-state index contributed by atoms with van der Waals surface area (Å²) in [4.78, 5) is 12.9. The van der Waals surface area contributed by atoms with Gasteiger partial charge in [-0.3, -0.25) is 9.69 Å². The highest BCUT2D eigenvalue weighted by molar-refractivity contribution is 7.91. The number of carboxylic acids is 1. The highest BCUT2D eigenvalue weighted by Gasteiger charge is 2.33. The van der Waals surface area contributed by atoms with Gasteiger partial charge >= 0.3 is 5.97 Å². The summed E-state index contributed by atoms with van der Waals surface area (Å²) < 4.78 is 23.2. The maximum Gasteiger partial charge on any atom is 0.304 e. The van der Waals surface area contributed by atoms with E-state index in [1.54, 1.807) is 0 Å². The molecule has 0 aliphatic carbocycles. The van der Waals surface area contributed by atoms with Crippen molar-refractivity contribution in [2.75, 3.05) is 24.6 Å². The monoisotopic (exact) mass is 277 g/mol. The van der Waals surface area contributed by atoms with Gasteiger partial charge in [0.05, 0.1) is 17.9 Å². The predicted molar refractivity (Wildman–Crippen MR) is 70.3 cm³/mol. The second kappa shape index (κ2) is 6.52. The van der Waals surface area contributed by atoms with Crippen molar-refractivity contribution in [3.8, 4) is 0 Å². The van der Waals surface area contributed by atoms with E-state index >= 15 is 0 Å². The van der Waals surface area contributed by atoms with Crippen molar-refractivity contribution in [1.82, 2.24) is 4.90 Å². The lowest BCUT2D eigenvalue weighted by Gasteiger charge is -2.36. The van der Waals surface area contributed by atoms with Crippen LogP contribution < -0.4 is 0 Å². The van der Waals surface area contributed by atoms with Crippen LogP contribution in [0.25, 0.3) is 0 Å². The van der Waals surface area contributed by atoms with Gasteiger partial charge in [0.15, 0.2) is 9.84 Å². The third-order valence-electron chi connectivity index (χ3n) is 3.71. The zero-order valence-electron chi connectivity index (χ0n) is 11.1. The Labute approximate surface area is 109 Å². The lowest BCUT2D eigenvalue weighted by atomic mass is 10.0. The molecule has 1 aliphatic rings. The van der Waals surface area contributed by atoms with E-state index in [0.29, 0.717) is 12.5 Å². The van der Waals surface area contributed by atoms with Crippen LogP contribution in [-0.4, -0.2) is 55.0 Å². The van der Waals surface area contributed by atoms with Gasteiger partial charge in [0.1, 0.15) is 0 Å². The molecule has 1 unspecified atom stereocenters. The van der Waals surface area contributed by atoms with Crippen LogP contribution in [0.5, 0.6) is 0 Å². The first-order chi connectivity index (χ1) is 8.38. The smallest absolute Gasteiger partial charge is 0.304 e. The quantitative estimate of drug-likeness (QED) is 0.784. The van der Waals surface area contributed by atoms with E-state index in [2.05, 4.69) is 13.8 Å². The molecule has 0 saturated carbocycles. The Morgan fingerprint density at radius 1 is 1.39 bits per heavy atom. The van der Waals surface area contributed by atoms with E-state index in [9.17, 15) is 13.2 Å². The molecule has 1 saturated heterocycles. The summed E-state index contributed by atoms with van der Waals surface area (Å²) in [5, 5.41) is 8.88. The number of carbonyl (C=O) groups is 1. The SMILES string of the molecule is CCC(CC)CN1CCS(=O)(=O)CC1CC(=O)O. The van der Waals surface area contributed by atoms with E-state index in [0.717, 1.165) is 19.4 Å². The first-order valence-electron chi connectivity index (χ1n) is 6.54. The van der Waals surface area contributed by atoms with Gasteiger partial charge in [0, 0.05) is 19.1 Å². The van der Waals surface area contributed by atoms with E-state index in [1.807, 2.05) is 4.90 Å². The second-order valence-corrected chi connectivity index (χ2v) is 7.27. The van der Waals surface area contributed by atoms with Gasteiger partial charge in [-0.15, -0.1) is 0 Å². The Hall–Kier alpha value is -0.620. The topological polar surface area (TPSA) is 74.7 Å². The third kappa shape index (κ3) is 4.57. The van der Waals surface area contributed by atoms with Gasteiger partial charge in [0.2, 0.25) is 0 Å². The van der Waals surface area contributed by atoms with Crippen molar-refractivity contribution in [3.05, 3.63) is 0 Å². The zero-order valence-corrected chi connectivity index (χ0v) is 11.9. The first-order valence-corrected chi connectivity index (χ1v) is 8.36. The van der Waals surface area contributed by atoms with Gasteiger partial charge in [-0.05, 0) is 5.92 Å². The van der Waals surface area contributed by atoms with Crippen LogP contribution in [0, 0.1) is 5.92 Å². The number of sulfone groups is 1. The van der Waals surface area contributed by atoms with E-state index < -0.39 is 15.8 Å². The fraction of sp³-hybridized carbons (Fsp3) is 0.917. The molecule has 5 nitrogen and oxygen atoms in total. The average molecular weight is 277 g/mol. The number of carboxylic acid groups (broad SMARTS) is 1. The van der Waals surface area contributed by atoms with Crippen molar-refractivity contribution >= 4 is 15.8 Å². The summed E-state index contributed by atoms with van der Waals surface area (Å²) in [7, 11) is -3.06. The molecule has 0 radical (unpaired) electrons. The Kier molecular flexibility index (Phi) is 5.59. The number of nitrogens with zero attached hydrogens (tertiary/aromatic N) is 1. The molecule has 1 N–H and O–H groups in total. The van der Waals surface area contributed by atoms with Crippen molar-refractivity contribution in [3.63, 3.8) is 0 Å². The van der Waals surface area contributed by atoms with Crippen LogP contribution in [0.3, 0.4) is 0 Å². The minimum Gasteiger partial charge on any atom is -0.481 e. The van der Waals surface area contributed by atoms with E-state index in [-0.39, 0.29) is 24.0 Å². The van der Waals surface area contributed by atoms with Gasteiger partial charge in [-0.2, -0.15) is 0 Å². The molecule has 1 aliphatic heterocycles. The second-order valence-electron chi connectivity index (χ2n) is 5.04. The predicted octanol–water partition coefficient (Wildman–Crippen LogP) is 0.996. The molecule has 0 aromatic carbocycles. The lowest BCUT2D eigenvalue weighted by Crippen LogP contribution is -2.50. The molecule has 0 bridgehead atoms. The highest BCUT2D eigenvalue weighted by atomic mass is 32.2. The van der Waals surface area contributed by atoms with Crippen molar-refractivity contribution < 1.29 is 18.3 Å². The van der Waals surface area contributed by atoms with Crippen LogP contribution in [0.1, 0.15) is 33.1 Å². The Morgan fingerprint density at radius 2 is 2.00 bits per heavy atom. The molecule has 1 fully saturated rings. The normalized spacial score (nSPS) is 24.3. The molecule has 18 heavy (non-hydrogen) atoms. The molecule has 1 atom stereocenters. The molecule has 1 rings (SSSR count). The van der Waals surface area contributed by atoms with Gasteiger partial charge < -0.3 is 5.11 Å². The van der Waals surface area contributed by atoms with Crippen LogP contribution in [-0.2, 0) is 14.6 Å². The van der Waals surface area contributed by atoms with Gasteiger partial charge in [-0.25, -0.2) is 8.42 Å². The number of hydrogen-bond acceptors (Lipinski definition) is 4. The van der Waals surface area contributed by atoms with Crippen LogP contribution in [0.4, 0.5) is 0 Å². The largest absolute Gasteiger partial charge is 0.481 e. The maximum atomic E-state index is 11.6. The van der Waals surface area contributed by atoms with Crippen molar-refractivity contribution in [2.24, 2.45) is 5.92 Å². The fourth-order valence-corrected chi connectivity index (χ4v) is 4.02. The molecule has 0 amide bonds. The number of hydrogen-bond donors (Lipinski definition) is 1. The van der Waals surface area contributed by atoms with Gasteiger partial charge in [-0.1, -0.05) is 26.7 Å². The number of aliphatic carboxylic acids is 1. The first kappa shape index (κ1) is 15.4. The standard InChI is InChI=1S/C12H23NO4S/c1-3-10(4-2)8-13-5-6-18(16,17)9-11(13)7-12(14)15/h10-11H,3-9H2,1-2H3,(H,14,15).